The summed E-state index contributed by atoms with van der Waals surface area (Å²) in [6.07, 6.45) is 2.74. The van der Waals surface area contributed by atoms with Crippen LogP contribution in [0.4, 0.5) is 0 Å². The Morgan fingerprint density at radius 1 is 1.06 bits per heavy atom. The number of hydrogen-bond acceptors (Lipinski definition) is 6. The molecule has 6 nitrogen and oxygen atoms in total. The molecule has 0 radical (unpaired) electrons. The fourth-order valence-corrected chi connectivity index (χ4v) is 5.92. The normalized spacial score (nSPS) is 17.4. The first-order valence-electron chi connectivity index (χ1n) is 11.1. The number of fused-ring (bicyclic) bond motifs is 1. The molecule has 0 bridgehead atoms. The molecule has 0 saturated heterocycles. The SMILES string of the molecule is COc1ccccc1OC[C@H]1c2ccsc2CCN1C(=O)CN(C(=O)c1cccs1)C1CC1. The third kappa shape index (κ3) is 4.63. The summed E-state index contributed by atoms with van der Waals surface area (Å²) in [5, 5.41) is 3.97. The molecule has 3 aromatic rings. The predicted molar refractivity (Wildman–Crippen MR) is 129 cm³/mol. The number of hydrogen-bond donors (Lipinski definition) is 0. The summed E-state index contributed by atoms with van der Waals surface area (Å²) in [5.74, 6) is 1.24. The third-order valence-electron chi connectivity index (χ3n) is 6.17. The maximum absolute atomic E-state index is 13.5. The van der Waals surface area contributed by atoms with Crippen molar-refractivity contribution >= 4 is 34.5 Å². The van der Waals surface area contributed by atoms with Gasteiger partial charge in [0.05, 0.1) is 18.0 Å². The standard InChI is InChI=1S/C25H26N2O4S2/c1-30-20-5-2-3-6-21(20)31-16-19-18-11-14-33-22(18)10-12-26(19)24(28)15-27(17-8-9-17)25(29)23-7-4-13-32-23/h2-7,11,13-14,17,19H,8-10,12,15-16H2,1H3/t19-/m0/s1. The van der Waals surface area contributed by atoms with Crippen molar-refractivity contribution in [3.8, 4) is 11.5 Å². The lowest BCUT2D eigenvalue weighted by Gasteiger charge is -2.37. The van der Waals surface area contributed by atoms with Crippen molar-refractivity contribution in [2.45, 2.75) is 31.3 Å². The lowest BCUT2D eigenvalue weighted by molar-refractivity contribution is -0.135. The van der Waals surface area contributed by atoms with Crippen LogP contribution in [0.25, 0.3) is 0 Å². The first-order valence-corrected chi connectivity index (χ1v) is 12.9. The molecule has 1 aromatic carbocycles. The van der Waals surface area contributed by atoms with Gasteiger partial charge in [0.1, 0.15) is 13.2 Å². The number of ether oxygens (including phenoxy) is 2. The van der Waals surface area contributed by atoms with Crippen molar-refractivity contribution in [3.63, 3.8) is 0 Å². The number of methoxy groups -OCH3 is 1. The van der Waals surface area contributed by atoms with E-state index in [4.69, 9.17) is 9.47 Å². The lowest BCUT2D eigenvalue weighted by Crippen LogP contribution is -2.48. The van der Waals surface area contributed by atoms with Gasteiger partial charge in [-0.2, -0.15) is 0 Å². The summed E-state index contributed by atoms with van der Waals surface area (Å²) in [4.78, 5) is 32.2. The highest BCUT2D eigenvalue weighted by Gasteiger charge is 2.38. The number of thiophene rings is 2. The Labute approximate surface area is 201 Å². The van der Waals surface area contributed by atoms with E-state index >= 15 is 0 Å². The predicted octanol–water partition coefficient (Wildman–Crippen LogP) is 4.63. The Hall–Kier alpha value is -2.84. The van der Waals surface area contributed by atoms with Gasteiger partial charge in [0.15, 0.2) is 11.5 Å². The summed E-state index contributed by atoms with van der Waals surface area (Å²) in [6.45, 7) is 1.06. The maximum Gasteiger partial charge on any atom is 0.264 e. The molecule has 2 aromatic heterocycles. The minimum Gasteiger partial charge on any atom is -0.493 e. The van der Waals surface area contributed by atoms with Crippen LogP contribution in [-0.2, 0) is 11.2 Å². The molecule has 0 spiro atoms. The van der Waals surface area contributed by atoms with Gasteiger partial charge in [-0.3, -0.25) is 9.59 Å². The van der Waals surface area contributed by atoms with Crippen molar-refractivity contribution in [2.75, 3.05) is 26.8 Å². The van der Waals surface area contributed by atoms with Gasteiger partial charge in [-0.05, 0) is 59.9 Å². The van der Waals surface area contributed by atoms with Gasteiger partial charge in [-0.15, -0.1) is 22.7 Å². The van der Waals surface area contributed by atoms with Crippen LogP contribution < -0.4 is 9.47 Å². The Balaban J connectivity index is 1.35. The van der Waals surface area contributed by atoms with Crippen LogP contribution >= 0.6 is 22.7 Å². The molecule has 172 valence electrons. The van der Waals surface area contributed by atoms with Crippen LogP contribution in [-0.4, -0.2) is 54.5 Å². The summed E-state index contributed by atoms with van der Waals surface area (Å²) in [5.41, 5.74) is 1.14. The molecular formula is C25H26N2O4S2. The van der Waals surface area contributed by atoms with Crippen molar-refractivity contribution in [2.24, 2.45) is 0 Å². The summed E-state index contributed by atoms with van der Waals surface area (Å²) >= 11 is 3.15. The molecule has 0 unspecified atom stereocenters. The molecule has 33 heavy (non-hydrogen) atoms. The van der Waals surface area contributed by atoms with Crippen LogP contribution in [0.15, 0.2) is 53.2 Å². The smallest absolute Gasteiger partial charge is 0.264 e. The molecule has 2 aliphatic rings. The van der Waals surface area contributed by atoms with Crippen molar-refractivity contribution < 1.29 is 19.1 Å². The van der Waals surface area contributed by atoms with Crippen LogP contribution in [0.3, 0.4) is 0 Å². The van der Waals surface area contributed by atoms with Crippen LogP contribution in [0.2, 0.25) is 0 Å². The third-order valence-corrected chi connectivity index (χ3v) is 8.02. The minimum absolute atomic E-state index is 0.0303. The first-order chi connectivity index (χ1) is 16.2. The number of rotatable bonds is 8. The van der Waals surface area contributed by atoms with E-state index in [2.05, 4.69) is 11.4 Å². The Morgan fingerprint density at radius 2 is 1.88 bits per heavy atom. The zero-order valence-electron chi connectivity index (χ0n) is 18.4. The Morgan fingerprint density at radius 3 is 2.61 bits per heavy atom. The van der Waals surface area contributed by atoms with Gasteiger partial charge in [-0.1, -0.05) is 18.2 Å². The van der Waals surface area contributed by atoms with E-state index in [0.29, 0.717) is 29.5 Å². The van der Waals surface area contributed by atoms with Gasteiger partial charge in [0.2, 0.25) is 5.91 Å². The zero-order valence-corrected chi connectivity index (χ0v) is 20.1. The number of amides is 2. The Bertz CT molecular complexity index is 1120. The van der Waals surface area contributed by atoms with Crippen LogP contribution in [0.5, 0.6) is 11.5 Å². The minimum atomic E-state index is -0.199. The largest absolute Gasteiger partial charge is 0.493 e. The highest BCUT2D eigenvalue weighted by molar-refractivity contribution is 7.12. The van der Waals surface area contributed by atoms with Crippen molar-refractivity contribution in [1.29, 1.82) is 0 Å². The maximum atomic E-state index is 13.5. The van der Waals surface area contributed by atoms with Gasteiger partial charge in [0, 0.05) is 17.5 Å². The average molecular weight is 483 g/mol. The fourth-order valence-electron chi connectivity index (χ4n) is 4.31. The molecule has 1 aliphatic carbocycles. The first kappa shape index (κ1) is 22.0. The molecule has 2 amide bonds. The van der Waals surface area contributed by atoms with E-state index in [-0.39, 0.29) is 30.4 Å². The number of nitrogens with zero attached hydrogens (tertiary/aromatic N) is 2. The van der Waals surface area contributed by atoms with Crippen molar-refractivity contribution in [1.82, 2.24) is 9.80 Å². The zero-order chi connectivity index (χ0) is 22.8. The van der Waals surface area contributed by atoms with E-state index in [1.54, 1.807) is 23.3 Å². The van der Waals surface area contributed by atoms with Crippen LogP contribution in [0.1, 0.15) is 39.0 Å². The highest BCUT2D eigenvalue weighted by atomic mass is 32.1. The molecule has 5 rings (SSSR count). The summed E-state index contributed by atoms with van der Waals surface area (Å²) in [7, 11) is 1.62. The van der Waals surface area contributed by atoms with Gasteiger partial charge in [0.25, 0.3) is 5.91 Å². The molecule has 1 atom stereocenters. The van der Waals surface area contributed by atoms with Crippen molar-refractivity contribution in [3.05, 3.63) is 68.5 Å². The van der Waals surface area contributed by atoms with Gasteiger partial charge in [-0.25, -0.2) is 0 Å². The molecule has 0 N–H and O–H groups in total. The van der Waals surface area contributed by atoms with E-state index < -0.39 is 0 Å². The molecule has 1 fully saturated rings. The van der Waals surface area contributed by atoms with E-state index in [9.17, 15) is 9.59 Å². The van der Waals surface area contributed by atoms with E-state index in [0.717, 1.165) is 24.8 Å². The van der Waals surface area contributed by atoms with Gasteiger partial charge >= 0.3 is 0 Å². The average Bonchev–Trinajstić information content (AvgIpc) is 3.32. The Kier molecular flexibility index (Phi) is 6.37. The lowest BCUT2D eigenvalue weighted by atomic mass is 10.0. The number of carbonyl (C=O) groups is 2. The monoisotopic (exact) mass is 482 g/mol. The second-order valence-electron chi connectivity index (χ2n) is 8.26. The summed E-state index contributed by atoms with van der Waals surface area (Å²) in [6, 6.07) is 13.3. The molecule has 1 aliphatic heterocycles. The number of benzene rings is 1. The quantitative estimate of drug-likeness (QED) is 0.470. The van der Waals surface area contributed by atoms with E-state index in [1.165, 1.54) is 16.2 Å². The number of carbonyl (C=O) groups excluding carboxylic acids is 2. The van der Waals surface area contributed by atoms with Crippen LogP contribution in [0, 0.1) is 0 Å². The number of para-hydroxylation sites is 2. The second-order valence-corrected chi connectivity index (χ2v) is 10.2. The topological polar surface area (TPSA) is 59.1 Å². The second kappa shape index (κ2) is 9.57. The molecular weight excluding hydrogens is 456 g/mol. The molecule has 8 heteroatoms. The highest BCUT2D eigenvalue weighted by Crippen LogP contribution is 2.36. The van der Waals surface area contributed by atoms with Gasteiger partial charge < -0.3 is 19.3 Å². The van der Waals surface area contributed by atoms with E-state index in [1.807, 2.05) is 46.7 Å². The fraction of sp³-hybridized carbons (Fsp3) is 0.360. The molecule has 3 heterocycles. The molecule has 1 saturated carbocycles. The summed E-state index contributed by atoms with van der Waals surface area (Å²) < 4.78 is 11.6.